The predicted molar refractivity (Wildman–Crippen MR) is 83.1 cm³/mol. The molecule has 1 aromatic carbocycles. The van der Waals surface area contributed by atoms with Gasteiger partial charge in [-0.3, -0.25) is 14.7 Å². The number of nitrogens with zero attached hydrogens (tertiary/aromatic N) is 3. The largest absolute Gasteiger partial charge is 0.336 e. The van der Waals surface area contributed by atoms with Gasteiger partial charge in [-0.15, -0.1) is 0 Å². The zero-order valence-corrected chi connectivity index (χ0v) is 12.0. The Morgan fingerprint density at radius 1 is 1.19 bits per heavy atom. The number of carbonyl (C=O) groups excluding carboxylic acids is 1. The summed E-state index contributed by atoms with van der Waals surface area (Å²) < 4.78 is 0. The molecule has 1 aliphatic rings. The van der Waals surface area contributed by atoms with Crippen molar-refractivity contribution >= 4 is 16.8 Å². The summed E-state index contributed by atoms with van der Waals surface area (Å²) in [4.78, 5) is 21.1. The Morgan fingerprint density at radius 3 is 2.76 bits per heavy atom. The summed E-state index contributed by atoms with van der Waals surface area (Å²) in [5, 5.41) is 1.00. The minimum Gasteiger partial charge on any atom is -0.336 e. The molecule has 0 unspecified atom stereocenters. The molecule has 2 N–H and O–H groups in total. The highest BCUT2D eigenvalue weighted by molar-refractivity contribution is 5.98. The molecule has 1 amide bonds. The molecule has 0 saturated carbocycles. The molecule has 0 radical (unpaired) electrons. The SMILES string of the molecule is NCCN1CCN(C(=O)c2ccc3ncccc3c2)CC1. The molecule has 2 heterocycles. The summed E-state index contributed by atoms with van der Waals surface area (Å²) in [5.41, 5.74) is 7.23. The molecular weight excluding hydrogens is 264 g/mol. The highest BCUT2D eigenvalue weighted by atomic mass is 16.2. The molecule has 21 heavy (non-hydrogen) atoms. The van der Waals surface area contributed by atoms with Gasteiger partial charge in [0, 0.05) is 56.4 Å². The lowest BCUT2D eigenvalue weighted by atomic mass is 10.1. The lowest BCUT2D eigenvalue weighted by molar-refractivity contribution is 0.0641. The number of aromatic nitrogens is 1. The molecule has 1 aromatic heterocycles. The van der Waals surface area contributed by atoms with Gasteiger partial charge in [-0.25, -0.2) is 0 Å². The molecule has 0 spiro atoms. The Balaban J connectivity index is 1.72. The van der Waals surface area contributed by atoms with E-state index >= 15 is 0 Å². The van der Waals surface area contributed by atoms with E-state index in [1.807, 2.05) is 35.2 Å². The number of hydrogen-bond donors (Lipinski definition) is 1. The first-order valence-electron chi connectivity index (χ1n) is 7.34. The van der Waals surface area contributed by atoms with E-state index in [2.05, 4.69) is 9.88 Å². The summed E-state index contributed by atoms with van der Waals surface area (Å²) >= 11 is 0. The van der Waals surface area contributed by atoms with Crippen molar-refractivity contribution < 1.29 is 4.79 Å². The second kappa shape index (κ2) is 6.20. The molecule has 1 fully saturated rings. The van der Waals surface area contributed by atoms with E-state index in [-0.39, 0.29) is 5.91 Å². The highest BCUT2D eigenvalue weighted by Gasteiger charge is 2.21. The second-order valence-electron chi connectivity index (χ2n) is 5.33. The van der Waals surface area contributed by atoms with Crippen LogP contribution in [0.1, 0.15) is 10.4 Å². The van der Waals surface area contributed by atoms with Crippen LogP contribution in [0.4, 0.5) is 0 Å². The zero-order valence-electron chi connectivity index (χ0n) is 12.0. The maximum Gasteiger partial charge on any atom is 0.253 e. The van der Waals surface area contributed by atoms with Gasteiger partial charge >= 0.3 is 0 Å². The van der Waals surface area contributed by atoms with Crippen molar-refractivity contribution in [1.29, 1.82) is 0 Å². The van der Waals surface area contributed by atoms with Crippen molar-refractivity contribution in [3.8, 4) is 0 Å². The molecule has 1 saturated heterocycles. The summed E-state index contributed by atoms with van der Waals surface area (Å²) in [5.74, 6) is 0.105. The third-order valence-electron chi connectivity index (χ3n) is 3.95. The Kier molecular flexibility index (Phi) is 4.13. The van der Waals surface area contributed by atoms with Crippen molar-refractivity contribution in [2.75, 3.05) is 39.3 Å². The number of rotatable bonds is 3. The average molecular weight is 284 g/mol. The summed E-state index contributed by atoms with van der Waals surface area (Å²) in [6.07, 6.45) is 1.76. The standard InChI is InChI=1S/C16H20N4O/c17-5-7-19-8-10-20(11-9-19)16(21)14-3-4-15-13(12-14)2-1-6-18-15/h1-4,6,12H,5,7-11,17H2. The van der Waals surface area contributed by atoms with E-state index in [9.17, 15) is 4.79 Å². The third-order valence-corrected chi connectivity index (χ3v) is 3.95. The molecule has 0 bridgehead atoms. The number of pyridine rings is 1. The smallest absolute Gasteiger partial charge is 0.253 e. The fourth-order valence-corrected chi connectivity index (χ4v) is 2.75. The van der Waals surface area contributed by atoms with E-state index in [1.54, 1.807) is 6.20 Å². The number of carbonyl (C=O) groups is 1. The first-order valence-corrected chi connectivity index (χ1v) is 7.34. The van der Waals surface area contributed by atoms with Crippen molar-refractivity contribution in [2.45, 2.75) is 0 Å². The van der Waals surface area contributed by atoms with E-state index in [1.165, 1.54) is 0 Å². The van der Waals surface area contributed by atoms with E-state index in [0.717, 1.165) is 49.2 Å². The van der Waals surface area contributed by atoms with Crippen molar-refractivity contribution in [1.82, 2.24) is 14.8 Å². The summed E-state index contributed by atoms with van der Waals surface area (Å²) in [7, 11) is 0. The third kappa shape index (κ3) is 3.04. The van der Waals surface area contributed by atoms with Crippen LogP contribution in [0.3, 0.4) is 0 Å². The maximum atomic E-state index is 12.6. The van der Waals surface area contributed by atoms with Crippen molar-refractivity contribution in [3.05, 3.63) is 42.1 Å². The van der Waals surface area contributed by atoms with Gasteiger partial charge in [0.05, 0.1) is 5.52 Å². The first-order chi connectivity index (χ1) is 10.3. The molecular formula is C16H20N4O. The van der Waals surface area contributed by atoms with Gasteiger partial charge < -0.3 is 10.6 Å². The van der Waals surface area contributed by atoms with Crippen LogP contribution >= 0.6 is 0 Å². The number of piperazine rings is 1. The van der Waals surface area contributed by atoms with E-state index < -0.39 is 0 Å². The molecule has 5 nitrogen and oxygen atoms in total. The number of nitrogens with two attached hydrogens (primary N) is 1. The van der Waals surface area contributed by atoms with Gasteiger partial charge in [0.15, 0.2) is 0 Å². The van der Waals surface area contributed by atoms with Crippen LogP contribution in [0.2, 0.25) is 0 Å². The topological polar surface area (TPSA) is 62.5 Å². The van der Waals surface area contributed by atoms with E-state index in [0.29, 0.717) is 6.54 Å². The minimum atomic E-state index is 0.105. The monoisotopic (exact) mass is 284 g/mol. The van der Waals surface area contributed by atoms with Gasteiger partial charge in [0.1, 0.15) is 0 Å². The lowest BCUT2D eigenvalue weighted by Gasteiger charge is -2.34. The fraction of sp³-hybridized carbons (Fsp3) is 0.375. The van der Waals surface area contributed by atoms with Crippen molar-refractivity contribution in [2.24, 2.45) is 5.73 Å². The van der Waals surface area contributed by atoms with Gasteiger partial charge in [0.25, 0.3) is 5.91 Å². The van der Waals surface area contributed by atoms with Crippen LogP contribution in [0, 0.1) is 0 Å². The lowest BCUT2D eigenvalue weighted by Crippen LogP contribution is -2.49. The molecule has 3 rings (SSSR count). The molecule has 5 heteroatoms. The quantitative estimate of drug-likeness (QED) is 0.911. The van der Waals surface area contributed by atoms with E-state index in [4.69, 9.17) is 5.73 Å². The van der Waals surface area contributed by atoms with Crippen LogP contribution < -0.4 is 5.73 Å². The molecule has 0 atom stereocenters. The van der Waals surface area contributed by atoms with Crippen LogP contribution in [0.25, 0.3) is 10.9 Å². The highest BCUT2D eigenvalue weighted by Crippen LogP contribution is 2.15. The van der Waals surface area contributed by atoms with Crippen LogP contribution in [-0.2, 0) is 0 Å². The Labute approximate surface area is 124 Å². The van der Waals surface area contributed by atoms with Gasteiger partial charge in [0.2, 0.25) is 0 Å². The Hall–Kier alpha value is -1.98. The van der Waals surface area contributed by atoms with Crippen molar-refractivity contribution in [3.63, 3.8) is 0 Å². The number of benzene rings is 1. The molecule has 2 aromatic rings. The second-order valence-corrected chi connectivity index (χ2v) is 5.33. The van der Waals surface area contributed by atoms with Gasteiger partial charge in [-0.05, 0) is 24.3 Å². The van der Waals surface area contributed by atoms with Gasteiger partial charge in [-0.2, -0.15) is 0 Å². The Bertz CT molecular complexity index is 635. The fourth-order valence-electron chi connectivity index (χ4n) is 2.75. The summed E-state index contributed by atoms with van der Waals surface area (Å²) in [6.45, 7) is 4.92. The first kappa shape index (κ1) is 14.0. The molecule has 110 valence electrons. The number of fused-ring (bicyclic) bond motifs is 1. The Morgan fingerprint density at radius 2 is 2.00 bits per heavy atom. The molecule has 1 aliphatic heterocycles. The number of amides is 1. The summed E-state index contributed by atoms with van der Waals surface area (Å²) in [6, 6.07) is 9.58. The van der Waals surface area contributed by atoms with Crippen LogP contribution in [-0.4, -0.2) is 60.0 Å². The maximum absolute atomic E-state index is 12.6. The predicted octanol–water partition coefficient (Wildman–Crippen LogP) is 0.951. The normalized spacial score (nSPS) is 16.3. The molecule has 0 aliphatic carbocycles. The van der Waals surface area contributed by atoms with Gasteiger partial charge in [-0.1, -0.05) is 6.07 Å². The van der Waals surface area contributed by atoms with Crippen LogP contribution in [0.5, 0.6) is 0 Å². The zero-order chi connectivity index (χ0) is 14.7. The average Bonchev–Trinajstić information content (AvgIpc) is 2.55. The van der Waals surface area contributed by atoms with Crippen LogP contribution in [0.15, 0.2) is 36.5 Å². The minimum absolute atomic E-state index is 0.105. The number of hydrogen-bond acceptors (Lipinski definition) is 4.